The van der Waals surface area contributed by atoms with Crippen molar-refractivity contribution < 1.29 is 13.2 Å². The highest BCUT2D eigenvalue weighted by atomic mass is 32.1. The molecule has 5 nitrogen and oxygen atoms in total. The van der Waals surface area contributed by atoms with Crippen LogP contribution in [-0.2, 0) is 19.0 Å². The molecule has 26 heavy (non-hydrogen) atoms. The Morgan fingerprint density at radius 3 is 2.35 bits per heavy atom. The second-order valence-corrected chi connectivity index (χ2v) is 7.71. The van der Waals surface area contributed by atoms with Crippen LogP contribution in [0, 0.1) is 0 Å². The van der Waals surface area contributed by atoms with E-state index in [1.54, 1.807) is 18.4 Å². The lowest BCUT2D eigenvalue weighted by Crippen LogP contribution is -2.39. The normalized spacial score (nSPS) is 12.7. The molecule has 10 heteroatoms. The summed E-state index contributed by atoms with van der Waals surface area (Å²) >= 11 is 2.68. The van der Waals surface area contributed by atoms with Gasteiger partial charge in [-0.15, -0.1) is 22.7 Å². The fourth-order valence-corrected chi connectivity index (χ4v) is 3.75. The number of nitrogens with one attached hydrogen (secondary N) is 2. The first-order chi connectivity index (χ1) is 12.3. The molecule has 144 valence electrons. The summed E-state index contributed by atoms with van der Waals surface area (Å²) in [5, 5.41) is 10.9. The third-order valence-corrected chi connectivity index (χ3v) is 5.54. The van der Waals surface area contributed by atoms with Gasteiger partial charge in [-0.25, -0.2) is 9.97 Å². The average molecular weight is 406 g/mol. The molecule has 2 heterocycles. The van der Waals surface area contributed by atoms with Crippen molar-refractivity contribution in [1.29, 1.82) is 0 Å². The first-order valence-corrected chi connectivity index (χ1v) is 9.96. The maximum Gasteiger partial charge on any atom is 0.434 e. The summed E-state index contributed by atoms with van der Waals surface area (Å²) in [5.74, 6) is 1.04. The third-order valence-electron chi connectivity index (χ3n) is 3.43. The van der Waals surface area contributed by atoms with E-state index in [0.717, 1.165) is 33.8 Å². The summed E-state index contributed by atoms with van der Waals surface area (Å²) < 4.78 is 37.6. The summed E-state index contributed by atoms with van der Waals surface area (Å²) in [5.41, 5.74) is 0.216. The van der Waals surface area contributed by atoms with Gasteiger partial charge >= 0.3 is 6.18 Å². The number of halogens is 3. The first kappa shape index (κ1) is 20.6. The summed E-state index contributed by atoms with van der Waals surface area (Å²) in [7, 11) is 1.65. The van der Waals surface area contributed by atoms with Gasteiger partial charge in [0.05, 0.1) is 15.7 Å². The zero-order valence-electron chi connectivity index (χ0n) is 14.9. The van der Waals surface area contributed by atoms with Crippen molar-refractivity contribution in [3.63, 3.8) is 0 Å². The predicted molar refractivity (Wildman–Crippen MR) is 100 cm³/mol. The van der Waals surface area contributed by atoms with Gasteiger partial charge in [-0.05, 0) is 0 Å². The van der Waals surface area contributed by atoms with Crippen molar-refractivity contribution in [2.75, 3.05) is 20.1 Å². The second kappa shape index (κ2) is 9.31. The summed E-state index contributed by atoms with van der Waals surface area (Å²) in [4.78, 5) is 12.3. The monoisotopic (exact) mass is 405 g/mol. The van der Waals surface area contributed by atoms with Crippen LogP contribution in [0.2, 0.25) is 0 Å². The van der Waals surface area contributed by atoms with Gasteiger partial charge in [0.15, 0.2) is 11.7 Å². The number of aliphatic imine (C=N–C) groups is 1. The number of rotatable bonds is 7. The number of aromatic nitrogens is 2. The van der Waals surface area contributed by atoms with Crippen LogP contribution in [0.4, 0.5) is 13.2 Å². The minimum Gasteiger partial charge on any atom is -0.356 e. The fourth-order valence-electron chi connectivity index (χ4n) is 2.08. The molecule has 0 amide bonds. The molecule has 0 aliphatic heterocycles. The van der Waals surface area contributed by atoms with Gasteiger partial charge < -0.3 is 10.6 Å². The smallest absolute Gasteiger partial charge is 0.356 e. The maximum atomic E-state index is 12.5. The molecule has 0 saturated heterocycles. The van der Waals surface area contributed by atoms with Gasteiger partial charge in [0.25, 0.3) is 0 Å². The molecule has 0 saturated carbocycles. The highest BCUT2D eigenvalue weighted by Crippen LogP contribution is 2.30. The number of alkyl halides is 3. The van der Waals surface area contributed by atoms with Crippen LogP contribution in [0.15, 0.2) is 15.8 Å². The Labute approximate surface area is 158 Å². The van der Waals surface area contributed by atoms with Crippen molar-refractivity contribution in [2.24, 2.45) is 4.99 Å². The van der Waals surface area contributed by atoms with E-state index in [1.807, 2.05) is 0 Å². The van der Waals surface area contributed by atoms with E-state index in [0.29, 0.717) is 36.4 Å². The molecule has 0 radical (unpaired) electrons. The Balaban J connectivity index is 1.71. The van der Waals surface area contributed by atoms with Gasteiger partial charge in [-0.2, -0.15) is 13.2 Å². The van der Waals surface area contributed by atoms with Crippen molar-refractivity contribution >= 4 is 28.6 Å². The first-order valence-electron chi connectivity index (χ1n) is 8.20. The molecule has 2 aromatic rings. The standard InChI is InChI=1S/C16H22F3N5S2/c1-10(2)14-23-11(8-26-14)4-6-21-15(20-3)22-7-5-13-24-12(9-25-13)16(17,18)19/h8-10H,4-7H2,1-3H3,(H2,20,21,22). The SMILES string of the molecule is CN=C(NCCc1csc(C(C)C)n1)NCCc1nc(C(F)(F)F)cs1. The topological polar surface area (TPSA) is 62.2 Å². The zero-order chi connectivity index (χ0) is 19.2. The molecule has 2 N–H and O–H groups in total. The maximum absolute atomic E-state index is 12.5. The van der Waals surface area contributed by atoms with Crippen molar-refractivity contribution in [3.05, 3.63) is 32.2 Å². The number of thiazole rings is 2. The lowest BCUT2D eigenvalue weighted by atomic mass is 10.2. The minimum absolute atomic E-state index is 0.408. The van der Waals surface area contributed by atoms with Gasteiger partial charge in [-0.3, -0.25) is 4.99 Å². The van der Waals surface area contributed by atoms with Crippen LogP contribution in [0.25, 0.3) is 0 Å². The molecule has 0 aliphatic rings. The molecular formula is C16H22F3N5S2. The van der Waals surface area contributed by atoms with E-state index in [4.69, 9.17) is 0 Å². The lowest BCUT2D eigenvalue weighted by molar-refractivity contribution is -0.140. The Hall–Kier alpha value is -1.68. The van der Waals surface area contributed by atoms with Gasteiger partial charge in [-0.1, -0.05) is 13.8 Å². The molecule has 0 aromatic carbocycles. The Morgan fingerprint density at radius 1 is 1.12 bits per heavy atom. The van der Waals surface area contributed by atoms with E-state index < -0.39 is 11.9 Å². The van der Waals surface area contributed by atoms with Crippen molar-refractivity contribution in [2.45, 2.75) is 38.8 Å². The van der Waals surface area contributed by atoms with Crippen molar-refractivity contribution in [1.82, 2.24) is 20.6 Å². The molecule has 0 fully saturated rings. The average Bonchev–Trinajstić information content (AvgIpc) is 3.22. The van der Waals surface area contributed by atoms with Crippen molar-refractivity contribution in [3.8, 4) is 0 Å². The number of hydrogen-bond donors (Lipinski definition) is 2. The molecule has 2 aromatic heterocycles. The molecule has 0 atom stereocenters. The van der Waals surface area contributed by atoms with Gasteiger partial charge in [0, 0.05) is 49.7 Å². The molecule has 2 rings (SSSR count). The van der Waals surface area contributed by atoms with Crippen LogP contribution in [-0.4, -0.2) is 36.1 Å². The molecule has 0 aliphatic carbocycles. The van der Waals surface area contributed by atoms with Crippen LogP contribution in [0.1, 0.15) is 41.2 Å². The lowest BCUT2D eigenvalue weighted by Gasteiger charge is -2.10. The van der Waals surface area contributed by atoms with Gasteiger partial charge in [0.1, 0.15) is 0 Å². The number of hydrogen-bond acceptors (Lipinski definition) is 5. The Kier molecular flexibility index (Phi) is 7.39. The Bertz CT molecular complexity index is 722. The molecule has 0 bridgehead atoms. The highest BCUT2D eigenvalue weighted by molar-refractivity contribution is 7.10. The fraction of sp³-hybridized carbons (Fsp3) is 0.562. The second-order valence-electron chi connectivity index (χ2n) is 5.88. The van der Waals surface area contributed by atoms with E-state index in [9.17, 15) is 13.2 Å². The van der Waals surface area contributed by atoms with E-state index in [-0.39, 0.29) is 0 Å². The van der Waals surface area contributed by atoms with E-state index >= 15 is 0 Å². The summed E-state index contributed by atoms with van der Waals surface area (Å²) in [6.45, 7) is 5.37. The molecule has 0 spiro atoms. The largest absolute Gasteiger partial charge is 0.434 e. The number of guanidine groups is 1. The third kappa shape index (κ3) is 6.24. The minimum atomic E-state index is -4.38. The van der Waals surface area contributed by atoms with Crippen LogP contribution in [0.5, 0.6) is 0 Å². The Morgan fingerprint density at radius 2 is 1.81 bits per heavy atom. The number of nitrogens with zero attached hydrogens (tertiary/aromatic N) is 3. The van der Waals surface area contributed by atoms with E-state index in [2.05, 4.69) is 44.8 Å². The molecular weight excluding hydrogens is 383 g/mol. The van der Waals surface area contributed by atoms with Gasteiger partial charge in [0.2, 0.25) is 0 Å². The van der Waals surface area contributed by atoms with E-state index in [1.165, 1.54) is 0 Å². The highest BCUT2D eigenvalue weighted by Gasteiger charge is 2.33. The van der Waals surface area contributed by atoms with Crippen LogP contribution in [0.3, 0.4) is 0 Å². The molecule has 0 unspecified atom stereocenters. The summed E-state index contributed by atoms with van der Waals surface area (Å²) in [6.07, 6.45) is -3.19. The van der Waals surface area contributed by atoms with Crippen LogP contribution >= 0.6 is 22.7 Å². The summed E-state index contributed by atoms with van der Waals surface area (Å²) in [6, 6.07) is 0. The quantitative estimate of drug-likeness (QED) is 0.545. The van der Waals surface area contributed by atoms with Crippen LogP contribution < -0.4 is 10.6 Å². The predicted octanol–water partition coefficient (Wildman–Crippen LogP) is 3.69. The zero-order valence-corrected chi connectivity index (χ0v) is 16.5.